The molecule has 0 spiro atoms. The van der Waals surface area contributed by atoms with E-state index in [0.29, 0.717) is 49.2 Å². The van der Waals surface area contributed by atoms with Crippen LogP contribution in [-0.2, 0) is 4.74 Å². The number of anilines is 1. The van der Waals surface area contributed by atoms with E-state index in [2.05, 4.69) is 9.88 Å². The van der Waals surface area contributed by atoms with E-state index in [1.165, 1.54) is 30.5 Å². The molecule has 1 aromatic carbocycles. The number of aromatic nitrogens is 2. The standard InChI is InChI=1S/C30H38N4O5/c1-37-23-13-12-19(18-24(23)38-2)25-21-10-6-7-11-22(21)34(20-8-4-3-5-9-20)28-26(25)29(35)32-27(31-28)30(36)33-14-16-39-17-15-33/h12-13,18,20,25H,3-11,14-17H2,1-2H3,(H,31,32,35). The minimum absolute atomic E-state index is 0.118. The smallest absolute Gasteiger partial charge is 0.289 e. The minimum atomic E-state index is -0.251. The van der Waals surface area contributed by atoms with E-state index in [1.807, 2.05) is 18.2 Å². The largest absolute Gasteiger partial charge is 0.493 e. The van der Waals surface area contributed by atoms with Crippen LogP contribution >= 0.6 is 0 Å². The molecule has 9 heteroatoms. The Morgan fingerprint density at radius 1 is 1.00 bits per heavy atom. The van der Waals surface area contributed by atoms with E-state index in [9.17, 15) is 9.59 Å². The van der Waals surface area contributed by atoms with Gasteiger partial charge >= 0.3 is 0 Å². The summed E-state index contributed by atoms with van der Waals surface area (Å²) < 4.78 is 16.6. The van der Waals surface area contributed by atoms with E-state index in [-0.39, 0.29) is 29.3 Å². The summed E-state index contributed by atoms with van der Waals surface area (Å²) in [5, 5.41) is 0. The van der Waals surface area contributed by atoms with Crippen molar-refractivity contribution in [1.29, 1.82) is 0 Å². The molecule has 0 radical (unpaired) electrons. The van der Waals surface area contributed by atoms with E-state index in [4.69, 9.17) is 19.2 Å². The number of H-pyrrole nitrogens is 1. The van der Waals surface area contributed by atoms with Gasteiger partial charge in [0.25, 0.3) is 11.5 Å². The van der Waals surface area contributed by atoms with Gasteiger partial charge in [-0.25, -0.2) is 4.98 Å². The second-order valence-electron chi connectivity index (χ2n) is 10.9. The van der Waals surface area contributed by atoms with Crippen LogP contribution in [-0.4, -0.2) is 67.3 Å². The van der Waals surface area contributed by atoms with E-state index >= 15 is 0 Å². The van der Waals surface area contributed by atoms with Gasteiger partial charge in [0, 0.05) is 30.7 Å². The minimum Gasteiger partial charge on any atom is -0.493 e. The molecule has 1 atom stereocenters. The number of benzene rings is 1. The normalized spacial score (nSPS) is 21.8. The molecule has 1 amide bonds. The maximum Gasteiger partial charge on any atom is 0.289 e. The highest BCUT2D eigenvalue weighted by Gasteiger charge is 2.41. The zero-order valence-corrected chi connectivity index (χ0v) is 23.0. The molecule has 2 fully saturated rings. The van der Waals surface area contributed by atoms with E-state index < -0.39 is 0 Å². The average molecular weight is 535 g/mol. The summed E-state index contributed by atoms with van der Waals surface area (Å²) in [6.07, 6.45) is 9.80. The first-order valence-corrected chi connectivity index (χ1v) is 14.3. The number of carbonyl (C=O) groups is 1. The molecule has 1 unspecified atom stereocenters. The number of ether oxygens (including phenoxy) is 3. The van der Waals surface area contributed by atoms with Crippen LogP contribution in [0.15, 0.2) is 34.3 Å². The Labute approximate surface area is 229 Å². The first kappa shape index (κ1) is 25.9. The molecule has 0 bridgehead atoms. The zero-order valence-electron chi connectivity index (χ0n) is 23.0. The number of methoxy groups -OCH3 is 2. The second-order valence-corrected chi connectivity index (χ2v) is 10.9. The molecule has 2 aromatic rings. The van der Waals surface area contributed by atoms with Gasteiger partial charge in [-0.05, 0) is 61.8 Å². The van der Waals surface area contributed by atoms with Gasteiger partial charge in [-0.1, -0.05) is 25.3 Å². The maximum absolute atomic E-state index is 14.0. The Hall–Kier alpha value is -3.33. The maximum atomic E-state index is 14.0. The van der Waals surface area contributed by atoms with E-state index in [0.717, 1.165) is 44.1 Å². The number of nitrogens with one attached hydrogen (secondary N) is 1. The number of hydrogen-bond donors (Lipinski definition) is 1. The summed E-state index contributed by atoms with van der Waals surface area (Å²) in [7, 11) is 3.25. The molecule has 2 aliphatic carbocycles. The lowest BCUT2D eigenvalue weighted by Gasteiger charge is -2.45. The molecular formula is C30H38N4O5. The fourth-order valence-electron chi connectivity index (χ4n) is 6.87. The molecule has 3 heterocycles. The van der Waals surface area contributed by atoms with Crippen LogP contribution in [0.4, 0.5) is 5.82 Å². The van der Waals surface area contributed by atoms with Gasteiger partial charge in [0.15, 0.2) is 11.5 Å². The Bertz CT molecular complexity index is 1320. The van der Waals surface area contributed by atoms with Gasteiger partial charge in [-0.15, -0.1) is 0 Å². The van der Waals surface area contributed by atoms with Crippen molar-refractivity contribution in [2.24, 2.45) is 0 Å². The van der Waals surface area contributed by atoms with Gasteiger partial charge in [-0.3, -0.25) is 9.59 Å². The Balaban J connectivity index is 1.54. The number of rotatable bonds is 5. The summed E-state index contributed by atoms with van der Waals surface area (Å²) >= 11 is 0. The molecule has 1 saturated heterocycles. The first-order valence-electron chi connectivity index (χ1n) is 14.3. The van der Waals surface area contributed by atoms with Crippen LogP contribution in [0.2, 0.25) is 0 Å². The van der Waals surface area contributed by atoms with Crippen molar-refractivity contribution in [2.75, 3.05) is 45.4 Å². The van der Waals surface area contributed by atoms with Crippen LogP contribution < -0.4 is 19.9 Å². The number of aromatic amines is 1. The van der Waals surface area contributed by atoms with Gasteiger partial charge in [-0.2, -0.15) is 0 Å². The first-order chi connectivity index (χ1) is 19.1. The number of amides is 1. The van der Waals surface area contributed by atoms with Crippen molar-refractivity contribution in [3.63, 3.8) is 0 Å². The molecule has 1 saturated carbocycles. The highest BCUT2D eigenvalue weighted by atomic mass is 16.5. The molecule has 2 aliphatic heterocycles. The lowest BCUT2D eigenvalue weighted by molar-refractivity contribution is 0.0294. The summed E-state index contributed by atoms with van der Waals surface area (Å²) in [6, 6.07) is 6.20. The van der Waals surface area contributed by atoms with Crippen LogP contribution in [0.3, 0.4) is 0 Å². The van der Waals surface area contributed by atoms with Gasteiger partial charge < -0.3 is 29.0 Å². The monoisotopic (exact) mass is 534 g/mol. The van der Waals surface area contributed by atoms with Gasteiger partial charge in [0.2, 0.25) is 5.82 Å². The van der Waals surface area contributed by atoms with Crippen LogP contribution in [0.5, 0.6) is 11.5 Å². The quantitative estimate of drug-likeness (QED) is 0.608. The number of fused-ring (bicyclic) bond motifs is 1. The van der Waals surface area contributed by atoms with Crippen LogP contribution in [0.25, 0.3) is 0 Å². The van der Waals surface area contributed by atoms with Crippen molar-refractivity contribution in [3.05, 3.63) is 56.8 Å². The summed E-state index contributed by atoms with van der Waals surface area (Å²) in [5.74, 6) is 1.56. The molecular weight excluding hydrogens is 496 g/mol. The fourth-order valence-corrected chi connectivity index (χ4v) is 6.87. The van der Waals surface area contributed by atoms with Crippen molar-refractivity contribution in [3.8, 4) is 11.5 Å². The predicted molar refractivity (Wildman–Crippen MR) is 148 cm³/mol. The Kier molecular flexibility index (Phi) is 7.34. The van der Waals surface area contributed by atoms with Crippen molar-refractivity contribution < 1.29 is 19.0 Å². The number of allylic oxidation sites excluding steroid dienone is 2. The molecule has 6 rings (SSSR count). The van der Waals surface area contributed by atoms with Crippen molar-refractivity contribution in [2.45, 2.75) is 69.7 Å². The third kappa shape index (κ3) is 4.71. The molecule has 9 nitrogen and oxygen atoms in total. The van der Waals surface area contributed by atoms with Gasteiger partial charge in [0.1, 0.15) is 5.82 Å². The number of morpholine rings is 1. The lowest BCUT2D eigenvalue weighted by atomic mass is 9.75. The Morgan fingerprint density at radius 3 is 2.49 bits per heavy atom. The molecule has 1 aromatic heterocycles. The van der Waals surface area contributed by atoms with E-state index in [1.54, 1.807) is 19.1 Å². The van der Waals surface area contributed by atoms with Crippen LogP contribution in [0.1, 0.15) is 85.5 Å². The topological polar surface area (TPSA) is 97.0 Å². The average Bonchev–Trinajstić information content (AvgIpc) is 3.00. The number of hydrogen-bond acceptors (Lipinski definition) is 7. The van der Waals surface area contributed by atoms with Crippen molar-refractivity contribution >= 4 is 11.7 Å². The van der Waals surface area contributed by atoms with Gasteiger partial charge in [0.05, 0.1) is 33.0 Å². The van der Waals surface area contributed by atoms with Crippen molar-refractivity contribution in [1.82, 2.24) is 14.9 Å². The fraction of sp³-hybridized carbons (Fsp3) is 0.567. The highest BCUT2D eigenvalue weighted by Crippen LogP contribution is 2.50. The highest BCUT2D eigenvalue weighted by molar-refractivity contribution is 5.91. The summed E-state index contributed by atoms with van der Waals surface area (Å²) in [4.78, 5) is 39.5. The summed E-state index contributed by atoms with van der Waals surface area (Å²) in [5.41, 5.74) is 3.96. The molecule has 39 heavy (non-hydrogen) atoms. The lowest BCUT2D eigenvalue weighted by Crippen LogP contribution is -2.46. The third-order valence-corrected chi connectivity index (χ3v) is 8.75. The SMILES string of the molecule is COc1ccc(C2C3=C(CCCC3)N(C3CCCCC3)c3nc(C(=O)N4CCOCC4)[nH]c(=O)c32)cc1OC. The predicted octanol–water partition coefficient (Wildman–Crippen LogP) is 4.37. The Morgan fingerprint density at radius 2 is 1.74 bits per heavy atom. The van der Waals surface area contributed by atoms with Crippen LogP contribution in [0, 0.1) is 0 Å². The summed E-state index contributed by atoms with van der Waals surface area (Å²) in [6.45, 7) is 1.98. The molecule has 4 aliphatic rings. The molecule has 208 valence electrons. The second kappa shape index (κ2) is 11.0. The zero-order chi connectivity index (χ0) is 26.9. The number of carbonyl (C=O) groups excluding carboxylic acids is 1. The molecule has 1 N–H and O–H groups in total. The third-order valence-electron chi connectivity index (χ3n) is 8.75. The number of nitrogens with zero attached hydrogens (tertiary/aromatic N) is 3.